The van der Waals surface area contributed by atoms with Gasteiger partial charge in [0, 0.05) is 0 Å². The fourth-order valence-electron chi connectivity index (χ4n) is 2.06. The van der Waals surface area contributed by atoms with E-state index in [1.165, 1.54) is 0 Å². The van der Waals surface area contributed by atoms with Crippen LogP contribution in [0.1, 0.15) is 31.5 Å². The fraction of sp³-hybridized carbons (Fsp3) is 0.250. The number of hydrogen-bond donors (Lipinski definition) is 0. The number of halogens is 1. The highest BCUT2D eigenvalue weighted by atomic mass is 19.1. The molecule has 0 aliphatic heterocycles. The van der Waals surface area contributed by atoms with Crippen LogP contribution in [0, 0.1) is 0 Å². The van der Waals surface area contributed by atoms with Crippen molar-refractivity contribution in [2.24, 2.45) is 0 Å². The van der Waals surface area contributed by atoms with Crippen LogP contribution in [0.15, 0.2) is 54.6 Å². The molecule has 1 heteroatoms. The molecule has 2 rings (SSSR count). The normalized spacial score (nSPS) is 12.4. The zero-order valence-electron chi connectivity index (χ0n) is 10.1. The molecule has 0 radical (unpaired) electrons. The minimum atomic E-state index is -0.864. The second-order valence-corrected chi connectivity index (χ2v) is 4.21. The van der Waals surface area contributed by atoms with Crippen LogP contribution >= 0.6 is 0 Å². The van der Waals surface area contributed by atoms with Crippen LogP contribution in [0.2, 0.25) is 0 Å². The molecule has 0 saturated carbocycles. The smallest absolute Gasteiger partial charge is 0.126 e. The minimum Gasteiger partial charge on any atom is -0.242 e. The number of benzene rings is 2. The lowest BCUT2D eigenvalue weighted by Crippen LogP contribution is -1.94. The van der Waals surface area contributed by atoms with E-state index in [4.69, 9.17) is 0 Å². The Morgan fingerprint density at radius 1 is 0.941 bits per heavy atom. The van der Waals surface area contributed by atoms with Gasteiger partial charge in [-0.15, -0.1) is 0 Å². The SMILES string of the molecule is CCCC(F)c1ccccc1-c1ccccc1. The van der Waals surface area contributed by atoms with Gasteiger partial charge in [0.25, 0.3) is 0 Å². The molecule has 0 aliphatic rings. The first-order valence-corrected chi connectivity index (χ1v) is 6.11. The molecule has 2 aromatic carbocycles. The highest BCUT2D eigenvalue weighted by Gasteiger charge is 2.13. The maximum Gasteiger partial charge on any atom is 0.126 e. The molecule has 0 heterocycles. The Bertz CT molecular complexity index is 462. The summed E-state index contributed by atoms with van der Waals surface area (Å²) in [4.78, 5) is 0. The van der Waals surface area contributed by atoms with Gasteiger partial charge >= 0.3 is 0 Å². The summed E-state index contributed by atoms with van der Waals surface area (Å²) < 4.78 is 14.1. The Labute approximate surface area is 102 Å². The summed E-state index contributed by atoms with van der Waals surface area (Å²) in [5.74, 6) is 0. The molecular formula is C16H17F. The molecular weight excluding hydrogens is 211 g/mol. The molecule has 0 spiro atoms. The van der Waals surface area contributed by atoms with Crippen molar-refractivity contribution in [2.75, 3.05) is 0 Å². The van der Waals surface area contributed by atoms with Gasteiger partial charge in [-0.3, -0.25) is 0 Å². The van der Waals surface area contributed by atoms with Gasteiger partial charge < -0.3 is 0 Å². The van der Waals surface area contributed by atoms with Crippen molar-refractivity contribution in [1.29, 1.82) is 0 Å². The lowest BCUT2D eigenvalue weighted by atomic mass is 9.95. The molecule has 2 aromatic rings. The van der Waals surface area contributed by atoms with Crippen LogP contribution in [0.25, 0.3) is 11.1 Å². The average molecular weight is 228 g/mol. The standard InChI is InChI=1S/C16H17F/c1-2-8-16(17)15-12-7-6-11-14(15)13-9-4-3-5-10-13/h3-7,9-12,16H,2,8H2,1H3. The van der Waals surface area contributed by atoms with Crippen molar-refractivity contribution < 1.29 is 4.39 Å². The maximum absolute atomic E-state index is 14.1. The summed E-state index contributed by atoms with van der Waals surface area (Å²) in [6, 6.07) is 17.8. The molecule has 1 unspecified atom stereocenters. The van der Waals surface area contributed by atoms with E-state index in [1.807, 2.05) is 61.5 Å². The quantitative estimate of drug-likeness (QED) is 0.677. The van der Waals surface area contributed by atoms with Crippen LogP contribution in [-0.4, -0.2) is 0 Å². The zero-order valence-corrected chi connectivity index (χ0v) is 10.1. The van der Waals surface area contributed by atoms with Crippen LogP contribution in [0.5, 0.6) is 0 Å². The number of rotatable bonds is 4. The minimum absolute atomic E-state index is 0.587. The Morgan fingerprint density at radius 2 is 1.59 bits per heavy atom. The summed E-state index contributed by atoms with van der Waals surface area (Å²) in [6.07, 6.45) is 0.588. The highest BCUT2D eigenvalue weighted by Crippen LogP contribution is 2.32. The Balaban J connectivity index is 2.41. The predicted molar refractivity (Wildman–Crippen MR) is 70.6 cm³/mol. The molecule has 0 aromatic heterocycles. The summed E-state index contributed by atoms with van der Waals surface area (Å²) >= 11 is 0. The highest BCUT2D eigenvalue weighted by molar-refractivity contribution is 5.67. The molecule has 17 heavy (non-hydrogen) atoms. The summed E-state index contributed by atoms with van der Waals surface area (Å²) in [6.45, 7) is 2.01. The van der Waals surface area contributed by atoms with Crippen molar-refractivity contribution in [3.8, 4) is 11.1 Å². The lowest BCUT2D eigenvalue weighted by molar-refractivity contribution is 0.322. The Kier molecular flexibility index (Phi) is 3.92. The third-order valence-corrected chi connectivity index (χ3v) is 2.93. The van der Waals surface area contributed by atoms with Crippen molar-refractivity contribution in [1.82, 2.24) is 0 Å². The van der Waals surface area contributed by atoms with Crippen LogP contribution in [-0.2, 0) is 0 Å². The zero-order chi connectivity index (χ0) is 12.1. The van der Waals surface area contributed by atoms with Gasteiger partial charge in [0.15, 0.2) is 0 Å². The first-order valence-electron chi connectivity index (χ1n) is 6.11. The average Bonchev–Trinajstić information content (AvgIpc) is 2.40. The van der Waals surface area contributed by atoms with Gasteiger partial charge in [-0.2, -0.15) is 0 Å². The van der Waals surface area contributed by atoms with Gasteiger partial charge in [-0.1, -0.05) is 67.9 Å². The monoisotopic (exact) mass is 228 g/mol. The van der Waals surface area contributed by atoms with E-state index in [-0.39, 0.29) is 0 Å². The van der Waals surface area contributed by atoms with Gasteiger partial charge in [0.05, 0.1) is 0 Å². The Morgan fingerprint density at radius 3 is 2.29 bits per heavy atom. The van der Waals surface area contributed by atoms with Crippen molar-refractivity contribution >= 4 is 0 Å². The molecule has 88 valence electrons. The lowest BCUT2D eigenvalue weighted by Gasteiger charge is -2.13. The molecule has 0 bridgehead atoms. The summed E-state index contributed by atoms with van der Waals surface area (Å²) in [5.41, 5.74) is 2.90. The molecule has 0 fully saturated rings. The van der Waals surface area contributed by atoms with Crippen LogP contribution in [0.4, 0.5) is 4.39 Å². The molecule has 1 atom stereocenters. The van der Waals surface area contributed by atoms with Gasteiger partial charge in [0.1, 0.15) is 6.17 Å². The maximum atomic E-state index is 14.1. The molecule has 0 saturated heterocycles. The second kappa shape index (κ2) is 5.62. The predicted octanol–water partition coefficient (Wildman–Crippen LogP) is 5.16. The van der Waals surface area contributed by atoms with E-state index < -0.39 is 6.17 Å². The topological polar surface area (TPSA) is 0 Å². The number of alkyl halides is 1. The third kappa shape index (κ3) is 2.73. The fourth-order valence-corrected chi connectivity index (χ4v) is 2.06. The molecule has 0 aliphatic carbocycles. The number of hydrogen-bond acceptors (Lipinski definition) is 0. The molecule has 0 amide bonds. The van der Waals surface area contributed by atoms with Crippen LogP contribution in [0.3, 0.4) is 0 Å². The Hall–Kier alpha value is -1.63. The first kappa shape index (κ1) is 11.8. The van der Waals surface area contributed by atoms with E-state index >= 15 is 0 Å². The first-order chi connectivity index (χ1) is 8.33. The van der Waals surface area contributed by atoms with E-state index in [0.29, 0.717) is 6.42 Å². The van der Waals surface area contributed by atoms with Gasteiger partial charge in [0.2, 0.25) is 0 Å². The van der Waals surface area contributed by atoms with Crippen LogP contribution < -0.4 is 0 Å². The summed E-state index contributed by atoms with van der Waals surface area (Å²) in [5, 5.41) is 0. The summed E-state index contributed by atoms with van der Waals surface area (Å²) in [7, 11) is 0. The van der Waals surface area contributed by atoms with E-state index in [1.54, 1.807) is 0 Å². The second-order valence-electron chi connectivity index (χ2n) is 4.21. The van der Waals surface area contributed by atoms with E-state index in [2.05, 4.69) is 0 Å². The van der Waals surface area contributed by atoms with Gasteiger partial charge in [-0.05, 0) is 23.1 Å². The van der Waals surface area contributed by atoms with E-state index in [9.17, 15) is 4.39 Å². The van der Waals surface area contributed by atoms with E-state index in [0.717, 1.165) is 23.1 Å². The largest absolute Gasteiger partial charge is 0.242 e. The third-order valence-electron chi connectivity index (χ3n) is 2.93. The van der Waals surface area contributed by atoms with Crippen molar-refractivity contribution in [3.05, 3.63) is 60.2 Å². The molecule has 0 nitrogen and oxygen atoms in total. The van der Waals surface area contributed by atoms with Crippen molar-refractivity contribution in [2.45, 2.75) is 25.9 Å². The van der Waals surface area contributed by atoms with Crippen molar-refractivity contribution in [3.63, 3.8) is 0 Å². The molecule has 0 N–H and O–H groups in total. The van der Waals surface area contributed by atoms with Gasteiger partial charge in [-0.25, -0.2) is 4.39 Å².